The first-order valence-corrected chi connectivity index (χ1v) is 2.54. The quantitative estimate of drug-likeness (QED) is 0.546. The molecule has 1 heterocycles. The smallest absolute Gasteiger partial charge is 0.320 e. The molecule has 1 rings (SSSR count). The highest BCUT2D eigenvalue weighted by atomic mass is 16.5. The van der Waals surface area contributed by atoms with Gasteiger partial charge in [0.1, 0.15) is 18.1 Å². The van der Waals surface area contributed by atoms with Crippen LogP contribution < -0.4 is 5.73 Å². The minimum absolute atomic E-state index is 0.301. The maximum absolute atomic E-state index is 10.1. The predicted octanol–water partition coefficient (Wildman–Crippen LogP) is -0.340. The summed E-state index contributed by atoms with van der Waals surface area (Å²) in [6.07, 6.45) is 1.79. The summed E-state index contributed by atoms with van der Waals surface area (Å²) in [6, 6.07) is -0.821. The molecule has 50 valence electrons. The van der Waals surface area contributed by atoms with Gasteiger partial charge >= 0.3 is 5.97 Å². The van der Waals surface area contributed by atoms with Gasteiger partial charge in [0.05, 0.1) is 0 Å². The normalized spacial score (nSPS) is 17.7. The van der Waals surface area contributed by atoms with Crippen LogP contribution in [-0.4, -0.2) is 17.1 Å². The third-order valence-corrected chi connectivity index (χ3v) is 1.02. The minimum atomic E-state index is -0.994. The lowest BCUT2D eigenvalue weighted by molar-refractivity contribution is -0.138. The van der Waals surface area contributed by atoms with Crippen LogP contribution >= 0.6 is 0 Å². The molecule has 0 fully saturated rings. The topological polar surface area (TPSA) is 75.8 Å². The average Bonchev–Trinajstić information content (AvgIpc) is 2.50. The molecular weight excluding hydrogens is 122 g/mol. The van der Waals surface area contributed by atoms with Gasteiger partial charge in [-0.05, 0) is 0 Å². The van der Waals surface area contributed by atoms with Gasteiger partial charge in [-0.15, -0.1) is 0 Å². The number of carbonyl (C=O) groups is 1. The number of ether oxygens (including phenoxy) is 1. The minimum Gasteiger partial charge on any atom is -0.480 e. The SMILES string of the molecule is NC(CC1=CO1)C(=O)O. The molecule has 0 aliphatic carbocycles. The monoisotopic (exact) mass is 129 g/mol. The highest BCUT2D eigenvalue weighted by Gasteiger charge is 2.19. The number of nitrogens with two attached hydrogens (primary N) is 1. The fourth-order valence-corrected chi connectivity index (χ4v) is 0.442. The van der Waals surface area contributed by atoms with E-state index in [0.717, 1.165) is 0 Å². The first-order valence-electron chi connectivity index (χ1n) is 2.54. The molecule has 1 aliphatic rings. The van der Waals surface area contributed by atoms with Crippen molar-refractivity contribution >= 4 is 5.97 Å². The second-order valence-corrected chi connectivity index (χ2v) is 1.85. The Morgan fingerprint density at radius 1 is 2.00 bits per heavy atom. The maximum Gasteiger partial charge on any atom is 0.320 e. The number of hydrogen-bond donors (Lipinski definition) is 2. The number of carboxylic acid groups (broad SMARTS) is 1. The van der Waals surface area contributed by atoms with Crippen LogP contribution in [-0.2, 0) is 9.53 Å². The van der Waals surface area contributed by atoms with Crippen molar-refractivity contribution in [3.8, 4) is 0 Å². The van der Waals surface area contributed by atoms with Crippen LogP contribution in [0.15, 0.2) is 12.0 Å². The van der Waals surface area contributed by atoms with Crippen LogP contribution in [0.1, 0.15) is 6.42 Å². The number of aliphatic carboxylic acids is 1. The highest BCUT2D eigenvalue weighted by molar-refractivity contribution is 5.73. The molecule has 4 heteroatoms. The van der Waals surface area contributed by atoms with Crippen molar-refractivity contribution in [2.45, 2.75) is 12.5 Å². The van der Waals surface area contributed by atoms with E-state index in [1.54, 1.807) is 0 Å². The van der Waals surface area contributed by atoms with Crippen molar-refractivity contribution in [2.75, 3.05) is 0 Å². The third-order valence-electron chi connectivity index (χ3n) is 1.02. The standard InChI is InChI=1S/C5H7NO3/c6-4(5(7)8)1-3-2-9-3/h2,4H,1,6H2,(H,7,8). The van der Waals surface area contributed by atoms with Crippen molar-refractivity contribution in [1.29, 1.82) is 0 Å². The van der Waals surface area contributed by atoms with Gasteiger partial charge in [0.15, 0.2) is 0 Å². The predicted molar refractivity (Wildman–Crippen MR) is 29.4 cm³/mol. The van der Waals surface area contributed by atoms with Crippen LogP contribution in [0.4, 0.5) is 0 Å². The van der Waals surface area contributed by atoms with E-state index in [1.165, 1.54) is 6.26 Å². The average molecular weight is 129 g/mol. The van der Waals surface area contributed by atoms with E-state index < -0.39 is 12.0 Å². The molecular formula is C5H7NO3. The molecule has 0 radical (unpaired) electrons. The van der Waals surface area contributed by atoms with Crippen molar-refractivity contribution in [1.82, 2.24) is 0 Å². The largest absolute Gasteiger partial charge is 0.480 e. The van der Waals surface area contributed by atoms with E-state index in [2.05, 4.69) is 4.74 Å². The van der Waals surface area contributed by atoms with Gasteiger partial charge in [0.2, 0.25) is 0 Å². The van der Waals surface area contributed by atoms with E-state index in [1.807, 2.05) is 0 Å². The van der Waals surface area contributed by atoms with Crippen LogP contribution in [0.2, 0.25) is 0 Å². The Labute approximate surface area is 51.9 Å². The molecule has 0 bridgehead atoms. The molecule has 0 aromatic carbocycles. The van der Waals surface area contributed by atoms with E-state index in [4.69, 9.17) is 10.8 Å². The number of hydrogen-bond acceptors (Lipinski definition) is 3. The Hall–Kier alpha value is -1.03. The fourth-order valence-electron chi connectivity index (χ4n) is 0.442. The molecule has 0 saturated carbocycles. The Morgan fingerprint density at radius 2 is 2.56 bits per heavy atom. The summed E-state index contributed by atoms with van der Waals surface area (Å²) >= 11 is 0. The molecule has 4 nitrogen and oxygen atoms in total. The van der Waals surface area contributed by atoms with Gasteiger partial charge in [-0.1, -0.05) is 0 Å². The van der Waals surface area contributed by atoms with Gasteiger partial charge in [-0.3, -0.25) is 4.79 Å². The van der Waals surface area contributed by atoms with Crippen molar-refractivity contribution in [3.05, 3.63) is 12.0 Å². The second-order valence-electron chi connectivity index (χ2n) is 1.85. The van der Waals surface area contributed by atoms with Gasteiger partial charge in [0.25, 0.3) is 0 Å². The summed E-state index contributed by atoms with van der Waals surface area (Å²) in [4.78, 5) is 10.1. The van der Waals surface area contributed by atoms with Gasteiger partial charge in [0, 0.05) is 6.42 Å². The summed E-state index contributed by atoms with van der Waals surface area (Å²) in [5, 5.41) is 8.25. The molecule has 1 aliphatic heterocycles. The lowest BCUT2D eigenvalue weighted by Crippen LogP contribution is -2.29. The zero-order valence-corrected chi connectivity index (χ0v) is 4.70. The molecule has 3 N–H and O–H groups in total. The van der Waals surface area contributed by atoms with E-state index >= 15 is 0 Å². The summed E-state index contributed by atoms with van der Waals surface area (Å²) in [5.74, 6) is -0.323. The lowest BCUT2D eigenvalue weighted by Gasteiger charge is -1.98. The molecule has 1 unspecified atom stereocenters. The van der Waals surface area contributed by atoms with Crippen molar-refractivity contribution in [2.24, 2.45) is 5.73 Å². The number of carboxylic acids is 1. The lowest BCUT2D eigenvalue weighted by atomic mass is 10.2. The second kappa shape index (κ2) is 2.06. The van der Waals surface area contributed by atoms with Gasteiger partial charge < -0.3 is 15.6 Å². The molecule has 0 saturated heterocycles. The fraction of sp³-hybridized carbons (Fsp3) is 0.400. The summed E-state index contributed by atoms with van der Waals surface area (Å²) in [6.45, 7) is 0. The third kappa shape index (κ3) is 1.73. The Bertz CT molecular complexity index is 164. The highest BCUT2D eigenvalue weighted by Crippen LogP contribution is 2.18. The van der Waals surface area contributed by atoms with Crippen LogP contribution in [0.25, 0.3) is 0 Å². The summed E-state index contributed by atoms with van der Waals surface area (Å²) in [7, 11) is 0. The maximum atomic E-state index is 10.1. The van der Waals surface area contributed by atoms with Crippen LogP contribution in [0.3, 0.4) is 0 Å². The molecule has 0 aromatic heterocycles. The van der Waals surface area contributed by atoms with E-state index in [0.29, 0.717) is 12.2 Å². The zero-order chi connectivity index (χ0) is 6.85. The number of rotatable bonds is 3. The van der Waals surface area contributed by atoms with Gasteiger partial charge in [-0.25, -0.2) is 0 Å². The first-order chi connectivity index (χ1) is 4.20. The molecule has 0 spiro atoms. The van der Waals surface area contributed by atoms with Crippen molar-refractivity contribution in [3.63, 3.8) is 0 Å². The molecule has 0 aromatic rings. The van der Waals surface area contributed by atoms with E-state index in [9.17, 15) is 4.79 Å². The van der Waals surface area contributed by atoms with Crippen molar-refractivity contribution < 1.29 is 14.6 Å². The Kier molecular flexibility index (Phi) is 1.40. The van der Waals surface area contributed by atoms with E-state index in [-0.39, 0.29) is 0 Å². The molecule has 9 heavy (non-hydrogen) atoms. The Morgan fingerprint density at radius 3 is 2.89 bits per heavy atom. The molecule has 1 atom stereocenters. The Balaban J connectivity index is 2.25. The summed E-state index contributed by atoms with van der Waals surface area (Å²) < 4.78 is 4.58. The molecule has 0 amide bonds. The van der Waals surface area contributed by atoms with Crippen LogP contribution in [0, 0.1) is 0 Å². The zero-order valence-electron chi connectivity index (χ0n) is 4.70. The first kappa shape index (κ1) is 6.10. The van der Waals surface area contributed by atoms with Gasteiger partial charge in [-0.2, -0.15) is 0 Å². The van der Waals surface area contributed by atoms with Crippen LogP contribution in [0.5, 0.6) is 0 Å². The summed E-state index contributed by atoms with van der Waals surface area (Å²) in [5.41, 5.74) is 5.14.